The third-order valence-corrected chi connectivity index (χ3v) is 4.85. The van der Waals surface area contributed by atoms with E-state index >= 15 is 0 Å². The van der Waals surface area contributed by atoms with Gasteiger partial charge in [-0.2, -0.15) is 5.26 Å². The third-order valence-electron chi connectivity index (χ3n) is 4.03. The Morgan fingerprint density at radius 3 is 2.48 bits per heavy atom. The average molecular weight is 350 g/mol. The first kappa shape index (κ1) is 18.8. The summed E-state index contributed by atoms with van der Waals surface area (Å²) in [7, 11) is 0. The van der Waals surface area contributed by atoms with Crippen molar-refractivity contribution < 1.29 is 4.79 Å². The molecule has 0 radical (unpaired) electrons. The van der Waals surface area contributed by atoms with Gasteiger partial charge < -0.3 is 5.32 Å². The lowest BCUT2D eigenvalue weighted by molar-refractivity contribution is -0.125. The molecular weight excluding hydrogens is 328 g/mol. The van der Waals surface area contributed by atoms with Crippen molar-refractivity contribution in [1.82, 2.24) is 5.32 Å². The SMILES string of the molecule is CC(C)(C(=O)NCCc1ccccc1)c1ccc(S/C=C/C#N)cc1. The van der Waals surface area contributed by atoms with E-state index in [0.717, 1.165) is 16.9 Å². The Balaban J connectivity index is 1.93. The number of nitrogens with one attached hydrogen (secondary N) is 1. The van der Waals surface area contributed by atoms with E-state index in [1.54, 1.807) is 5.41 Å². The van der Waals surface area contributed by atoms with Crippen LogP contribution in [0.25, 0.3) is 0 Å². The second kappa shape index (κ2) is 9.10. The van der Waals surface area contributed by atoms with Gasteiger partial charge in [0.15, 0.2) is 0 Å². The number of thioether (sulfide) groups is 1. The second-order valence-corrected chi connectivity index (χ2v) is 7.17. The molecule has 0 fully saturated rings. The molecule has 2 aromatic rings. The second-order valence-electron chi connectivity index (χ2n) is 6.19. The molecular formula is C21H22N2OS. The van der Waals surface area contributed by atoms with E-state index in [1.165, 1.54) is 23.4 Å². The number of hydrogen-bond donors (Lipinski definition) is 1. The number of benzene rings is 2. The summed E-state index contributed by atoms with van der Waals surface area (Å²) in [5, 5.41) is 13.3. The van der Waals surface area contributed by atoms with Crippen molar-refractivity contribution in [3.05, 3.63) is 77.2 Å². The minimum atomic E-state index is -0.595. The molecule has 25 heavy (non-hydrogen) atoms. The van der Waals surface area contributed by atoms with Crippen LogP contribution in [-0.2, 0) is 16.6 Å². The van der Waals surface area contributed by atoms with Gasteiger partial charge in [-0.25, -0.2) is 0 Å². The lowest BCUT2D eigenvalue weighted by Gasteiger charge is -2.24. The quantitative estimate of drug-likeness (QED) is 0.593. The molecule has 3 nitrogen and oxygen atoms in total. The molecule has 0 aliphatic heterocycles. The van der Waals surface area contributed by atoms with Crippen LogP contribution in [0.4, 0.5) is 0 Å². The number of allylic oxidation sites excluding steroid dienone is 1. The number of nitriles is 1. The van der Waals surface area contributed by atoms with Crippen molar-refractivity contribution >= 4 is 17.7 Å². The van der Waals surface area contributed by atoms with Crippen LogP contribution in [0.5, 0.6) is 0 Å². The lowest BCUT2D eigenvalue weighted by atomic mass is 9.83. The van der Waals surface area contributed by atoms with Gasteiger partial charge in [0, 0.05) is 17.5 Å². The maximum absolute atomic E-state index is 12.6. The highest BCUT2D eigenvalue weighted by atomic mass is 32.2. The first-order chi connectivity index (χ1) is 12.0. The maximum Gasteiger partial charge on any atom is 0.230 e. The molecule has 0 spiro atoms. The van der Waals surface area contributed by atoms with Crippen molar-refractivity contribution in [1.29, 1.82) is 5.26 Å². The summed E-state index contributed by atoms with van der Waals surface area (Å²) in [6.07, 6.45) is 2.27. The van der Waals surface area contributed by atoms with Crippen LogP contribution in [0.3, 0.4) is 0 Å². The van der Waals surface area contributed by atoms with Crippen molar-refractivity contribution in [3.8, 4) is 6.07 Å². The van der Waals surface area contributed by atoms with E-state index < -0.39 is 5.41 Å². The summed E-state index contributed by atoms with van der Waals surface area (Å²) < 4.78 is 0. The number of nitrogens with zero attached hydrogens (tertiary/aromatic N) is 1. The van der Waals surface area contributed by atoms with Gasteiger partial charge in [-0.1, -0.05) is 54.2 Å². The van der Waals surface area contributed by atoms with Crippen molar-refractivity contribution in [2.24, 2.45) is 0 Å². The van der Waals surface area contributed by atoms with Crippen molar-refractivity contribution in [2.45, 2.75) is 30.6 Å². The predicted molar refractivity (Wildman–Crippen MR) is 103 cm³/mol. The molecule has 0 aromatic heterocycles. The molecule has 0 aliphatic carbocycles. The zero-order chi connectivity index (χ0) is 18.1. The zero-order valence-corrected chi connectivity index (χ0v) is 15.3. The Kier molecular flexibility index (Phi) is 6.85. The predicted octanol–water partition coefficient (Wildman–Crippen LogP) is 4.45. The maximum atomic E-state index is 12.6. The summed E-state index contributed by atoms with van der Waals surface area (Å²) in [5.41, 5.74) is 1.59. The topological polar surface area (TPSA) is 52.9 Å². The van der Waals surface area contributed by atoms with E-state index in [-0.39, 0.29) is 5.91 Å². The van der Waals surface area contributed by atoms with Crippen LogP contribution in [0, 0.1) is 11.3 Å². The zero-order valence-electron chi connectivity index (χ0n) is 14.5. The van der Waals surface area contributed by atoms with Gasteiger partial charge in [0.1, 0.15) is 0 Å². The minimum absolute atomic E-state index is 0.0215. The molecule has 2 aromatic carbocycles. The third kappa shape index (κ3) is 5.51. The van der Waals surface area contributed by atoms with Gasteiger partial charge in [0.2, 0.25) is 5.91 Å². The molecule has 128 valence electrons. The van der Waals surface area contributed by atoms with E-state index in [0.29, 0.717) is 6.54 Å². The van der Waals surface area contributed by atoms with E-state index in [2.05, 4.69) is 17.4 Å². The van der Waals surface area contributed by atoms with E-state index in [9.17, 15) is 4.79 Å². The Labute approximate surface area is 153 Å². The molecule has 4 heteroatoms. The normalized spacial score (nSPS) is 11.2. The number of amides is 1. The molecule has 0 bridgehead atoms. The number of rotatable bonds is 7. The molecule has 0 aliphatic rings. The summed E-state index contributed by atoms with van der Waals surface area (Å²) >= 11 is 1.48. The molecule has 1 N–H and O–H groups in total. The Morgan fingerprint density at radius 2 is 1.84 bits per heavy atom. The Morgan fingerprint density at radius 1 is 1.16 bits per heavy atom. The highest BCUT2D eigenvalue weighted by Gasteiger charge is 2.29. The van der Waals surface area contributed by atoms with E-state index in [4.69, 9.17) is 5.26 Å². The van der Waals surface area contributed by atoms with Crippen LogP contribution in [-0.4, -0.2) is 12.5 Å². The van der Waals surface area contributed by atoms with E-state index in [1.807, 2.05) is 62.4 Å². The first-order valence-electron chi connectivity index (χ1n) is 8.18. The van der Waals surface area contributed by atoms with Gasteiger partial charge in [-0.3, -0.25) is 4.79 Å². The van der Waals surface area contributed by atoms with Crippen LogP contribution >= 0.6 is 11.8 Å². The Hall–Kier alpha value is -2.51. The molecule has 1 amide bonds. The fraction of sp³-hybridized carbons (Fsp3) is 0.238. The summed E-state index contributed by atoms with van der Waals surface area (Å²) in [5.74, 6) is 0.0215. The average Bonchev–Trinajstić information content (AvgIpc) is 2.63. The molecule has 0 heterocycles. The molecule has 0 saturated heterocycles. The van der Waals surface area contributed by atoms with Gasteiger partial charge in [-0.05, 0) is 48.9 Å². The highest BCUT2D eigenvalue weighted by molar-refractivity contribution is 8.02. The Bertz CT molecular complexity index is 759. The van der Waals surface area contributed by atoms with Crippen LogP contribution in [0.2, 0.25) is 0 Å². The molecule has 0 atom stereocenters. The monoisotopic (exact) mass is 350 g/mol. The van der Waals surface area contributed by atoms with Gasteiger partial charge >= 0.3 is 0 Å². The van der Waals surface area contributed by atoms with Crippen LogP contribution in [0.1, 0.15) is 25.0 Å². The van der Waals surface area contributed by atoms with Crippen molar-refractivity contribution in [2.75, 3.05) is 6.54 Å². The van der Waals surface area contributed by atoms with Gasteiger partial charge in [0.25, 0.3) is 0 Å². The number of hydrogen-bond acceptors (Lipinski definition) is 3. The summed E-state index contributed by atoms with van der Waals surface area (Å²) in [6.45, 7) is 4.49. The minimum Gasteiger partial charge on any atom is -0.355 e. The fourth-order valence-electron chi connectivity index (χ4n) is 2.41. The van der Waals surface area contributed by atoms with Crippen molar-refractivity contribution in [3.63, 3.8) is 0 Å². The molecule has 0 unspecified atom stereocenters. The number of carbonyl (C=O) groups is 1. The fourth-order valence-corrected chi connectivity index (χ4v) is 2.99. The first-order valence-corrected chi connectivity index (χ1v) is 9.06. The van der Waals surface area contributed by atoms with Crippen LogP contribution in [0.15, 0.2) is 71.0 Å². The van der Waals surface area contributed by atoms with Crippen LogP contribution < -0.4 is 5.32 Å². The highest BCUT2D eigenvalue weighted by Crippen LogP contribution is 2.27. The smallest absolute Gasteiger partial charge is 0.230 e. The largest absolute Gasteiger partial charge is 0.355 e. The van der Waals surface area contributed by atoms with Gasteiger partial charge in [0.05, 0.1) is 11.5 Å². The molecule has 0 saturated carbocycles. The number of carbonyl (C=O) groups excluding carboxylic acids is 1. The van der Waals surface area contributed by atoms with Gasteiger partial charge in [-0.15, -0.1) is 0 Å². The summed E-state index contributed by atoms with van der Waals surface area (Å²) in [4.78, 5) is 13.6. The molecule has 2 rings (SSSR count). The summed E-state index contributed by atoms with van der Waals surface area (Å²) in [6, 6.07) is 20.0. The lowest BCUT2D eigenvalue weighted by Crippen LogP contribution is -2.40. The standard InChI is InChI=1S/C21H22N2OS/c1-21(2,18-9-11-19(12-10-18)25-16-6-14-22)20(24)23-15-13-17-7-4-3-5-8-17/h3-12,16H,13,15H2,1-2H3,(H,23,24)/b16-6+.